The molecule has 3 aromatic rings. The third-order valence-electron chi connectivity index (χ3n) is 2.61. The van der Waals surface area contributed by atoms with Crippen molar-refractivity contribution in [3.63, 3.8) is 0 Å². The van der Waals surface area contributed by atoms with Gasteiger partial charge in [0.1, 0.15) is 6.33 Å². The van der Waals surface area contributed by atoms with Crippen molar-refractivity contribution >= 4 is 22.6 Å². The van der Waals surface area contributed by atoms with Gasteiger partial charge in [-0.3, -0.25) is 4.79 Å². The monoisotopic (exact) mass is 254 g/mol. The fourth-order valence-corrected chi connectivity index (χ4v) is 1.71. The smallest absolute Gasteiger partial charge is 0.256 e. The number of benzene rings is 1. The molecule has 7 nitrogen and oxygen atoms in total. The maximum absolute atomic E-state index is 12.0. The Morgan fingerprint density at radius 1 is 1.32 bits per heavy atom. The molecule has 1 amide bonds. The highest BCUT2D eigenvalue weighted by Gasteiger charge is 2.09. The molecule has 1 N–H and O–H groups in total. The van der Waals surface area contributed by atoms with Gasteiger partial charge in [-0.2, -0.15) is 9.90 Å². The first kappa shape index (κ1) is 11.3. The Morgan fingerprint density at radius 2 is 2.21 bits per heavy atom. The summed E-state index contributed by atoms with van der Waals surface area (Å²) in [5, 5.41) is 11.4. The van der Waals surface area contributed by atoms with Crippen LogP contribution in [0.2, 0.25) is 0 Å². The number of rotatable bonds is 2. The summed E-state index contributed by atoms with van der Waals surface area (Å²) < 4.78 is 0. The second-order valence-electron chi connectivity index (χ2n) is 3.97. The number of nitrogens with zero attached hydrogens (tertiary/aromatic N) is 5. The zero-order chi connectivity index (χ0) is 13.2. The van der Waals surface area contributed by atoms with Gasteiger partial charge in [-0.05, 0) is 12.1 Å². The summed E-state index contributed by atoms with van der Waals surface area (Å²) in [6.07, 6.45) is 4.64. The molecule has 0 unspecified atom stereocenters. The Bertz CT molecular complexity index is 751. The fourth-order valence-electron chi connectivity index (χ4n) is 1.71. The lowest BCUT2D eigenvalue weighted by atomic mass is 10.1. The number of hydrogen-bond acceptors (Lipinski definition) is 5. The lowest BCUT2D eigenvalue weighted by Gasteiger charge is -2.02. The first-order valence-electron chi connectivity index (χ1n) is 5.60. The van der Waals surface area contributed by atoms with Crippen molar-refractivity contribution in [3.05, 3.63) is 42.5 Å². The van der Waals surface area contributed by atoms with Crippen LogP contribution in [-0.2, 0) is 7.05 Å². The molecule has 0 saturated carbocycles. The third-order valence-corrected chi connectivity index (χ3v) is 2.61. The Hall–Kier alpha value is -2.83. The molecule has 0 saturated heterocycles. The Balaban J connectivity index is 1.89. The predicted octanol–water partition coefficient (Wildman–Crippen LogP) is 1.01. The van der Waals surface area contributed by atoms with Gasteiger partial charge in [0.05, 0.1) is 11.7 Å². The van der Waals surface area contributed by atoms with E-state index in [0.29, 0.717) is 11.4 Å². The van der Waals surface area contributed by atoms with Crippen LogP contribution in [0.4, 0.5) is 5.82 Å². The van der Waals surface area contributed by atoms with Crippen LogP contribution in [0, 0.1) is 0 Å². The lowest BCUT2D eigenvalue weighted by Crippen LogP contribution is -2.12. The van der Waals surface area contributed by atoms with Crippen LogP contribution in [0.25, 0.3) is 10.9 Å². The number of aromatic nitrogens is 5. The zero-order valence-electron chi connectivity index (χ0n) is 10.1. The van der Waals surface area contributed by atoms with E-state index in [1.54, 1.807) is 31.4 Å². The number of hydrogen-bond donors (Lipinski definition) is 1. The molecule has 0 aliphatic carbocycles. The highest BCUT2D eigenvalue weighted by atomic mass is 16.1. The Morgan fingerprint density at radius 3 is 3.00 bits per heavy atom. The summed E-state index contributed by atoms with van der Waals surface area (Å²) in [5.74, 6) is 0.163. The molecule has 0 fully saturated rings. The van der Waals surface area contributed by atoms with E-state index in [4.69, 9.17) is 0 Å². The standard InChI is InChI=1S/C12H10N6O/c1-18-15-6-11(17-18)16-12(19)8-2-3-9-5-13-7-14-10(9)4-8/h2-7H,1H3,(H,16,17,19). The molecule has 19 heavy (non-hydrogen) atoms. The molecule has 0 aliphatic heterocycles. The van der Waals surface area contributed by atoms with E-state index in [1.807, 2.05) is 0 Å². The van der Waals surface area contributed by atoms with Crippen LogP contribution in [0.1, 0.15) is 10.4 Å². The first-order valence-corrected chi connectivity index (χ1v) is 5.60. The molecule has 0 bridgehead atoms. The maximum Gasteiger partial charge on any atom is 0.256 e. The van der Waals surface area contributed by atoms with Crippen LogP contribution >= 0.6 is 0 Å². The normalized spacial score (nSPS) is 10.6. The van der Waals surface area contributed by atoms with Crippen molar-refractivity contribution in [3.8, 4) is 0 Å². The summed E-state index contributed by atoms with van der Waals surface area (Å²) >= 11 is 0. The summed E-state index contributed by atoms with van der Waals surface area (Å²) in [6.45, 7) is 0. The Kier molecular flexibility index (Phi) is 2.64. The molecule has 94 valence electrons. The van der Waals surface area contributed by atoms with Crippen LogP contribution in [0.15, 0.2) is 36.9 Å². The Labute approximate surface area is 108 Å². The van der Waals surface area contributed by atoms with Gasteiger partial charge >= 0.3 is 0 Å². The van der Waals surface area contributed by atoms with Crippen molar-refractivity contribution in [2.75, 3.05) is 5.32 Å². The number of carbonyl (C=O) groups excluding carboxylic acids is 1. The number of anilines is 1. The second-order valence-corrected chi connectivity index (χ2v) is 3.97. The topological polar surface area (TPSA) is 85.6 Å². The molecule has 3 rings (SSSR count). The maximum atomic E-state index is 12.0. The van der Waals surface area contributed by atoms with Gasteiger partial charge in [0.15, 0.2) is 5.82 Å². The average molecular weight is 254 g/mol. The quantitative estimate of drug-likeness (QED) is 0.737. The minimum absolute atomic E-state index is 0.249. The van der Waals surface area contributed by atoms with Crippen LogP contribution in [0.5, 0.6) is 0 Å². The van der Waals surface area contributed by atoms with Crippen LogP contribution in [0.3, 0.4) is 0 Å². The van der Waals surface area contributed by atoms with E-state index >= 15 is 0 Å². The van der Waals surface area contributed by atoms with Crippen molar-refractivity contribution in [2.45, 2.75) is 0 Å². The summed E-state index contributed by atoms with van der Waals surface area (Å²) in [4.78, 5) is 21.5. The van der Waals surface area contributed by atoms with Crippen molar-refractivity contribution in [2.24, 2.45) is 7.05 Å². The molecule has 0 spiro atoms. The molecule has 2 aromatic heterocycles. The fraction of sp³-hybridized carbons (Fsp3) is 0.0833. The van der Waals surface area contributed by atoms with Crippen molar-refractivity contribution in [1.29, 1.82) is 0 Å². The van der Waals surface area contributed by atoms with Gasteiger partial charge in [-0.1, -0.05) is 6.07 Å². The van der Waals surface area contributed by atoms with Gasteiger partial charge in [-0.15, -0.1) is 5.10 Å². The average Bonchev–Trinajstić information content (AvgIpc) is 2.83. The highest BCUT2D eigenvalue weighted by molar-refractivity contribution is 6.05. The van der Waals surface area contributed by atoms with E-state index in [2.05, 4.69) is 25.5 Å². The van der Waals surface area contributed by atoms with Crippen LogP contribution < -0.4 is 5.32 Å². The summed E-state index contributed by atoms with van der Waals surface area (Å²) in [6, 6.07) is 5.24. The second kappa shape index (κ2) is 4.45. The molecular formula is C12H10N6O. The number of nitrogens with one attached hydrogen (secondary N) is 1. The number of amides is 1. The third kappa shape index (κ3) is 2.25. The molecule has 0 radical (unpaired) electrons. The van der Waals surface area contributed by atoms with Gasteiger partial charge < -0.3 is 5.32 Å². The van der Waals surface area contributed by atoms with E-state index in [0.717, 1.165) is 10.9 Å². The van der Waals surface area contributed by atoms with Gasteiger partial charge in [0, 0.05) is 24.2 Å². The molecule has 2 heterocycles. The number of carbonyl (C=O) groups is 1. The number of aryl methyl sites for hydroxylation is 1. The largest absolute Gasteiger partial charge is 0.304 e. The molecule has 0 atom stereocenters. The highest BCUT2D eigenvalue weighted by Crippen LogP contribution is 2.13. The minimum atomic E-state index is -0.249. The minimum Gasteiger partial charge on any atom is -0.304 e. The molecule has 7 heteroatoms. The SMILES string of the molecule is Cn1ncc(NC(=O)c2ccc3cncnc3c2)n1. The van der Waals surface area contributed by atoms with Gasteiger partial charge in [0.2, 0.25) is 0 Å². The molecular weight excluding hydrogens is 244 g/mol. The van der Waals surface area contributed by atoms with E-state index in [-0.39, 0.29) is 5.91 Å². The van der Waals surface area contributed by atoms with E-state index in [1.165, 1.54) is 17.3 Å². The molecule has 1 aromatic carbocycles. The zero-order valence-corrected chi connectivity index (χ0v) is 10.1. The van der Waals surface area contributed by atoms with Gasteiger partial charge in [0.25, 0.3) is 5.91 Å². The van der Waals surface area contributed by atoms with Crippen molar-refractivity contribution in [1.82, 2.24) is 25.0 Å². The van der Waals surface area contributed by atoms with Crippen LogP contribution in [-0.4, -0.2) is 30.9 Å². The lowest BCUT2D eigenvalue weighted by molar-refractivity contribution is 0.102. The summed E-state index contributed by atoms with van der Waals surface area (Å²) in [5.41, 5.74) is 1.23. The summed E-state index contributed by atoms with van der Waals surface area (Å²) in [7, 11) is 1.68. The van der Waals surface area contributed by atoms with Crippen molar-refractivity contribution < 1.29 is 4.79 Å². The number of fused-ring (bicyclic) bond motifs is 1. The predicted molar refractivity (Wildman–Crippen MR) is 68.5 cm³/mol. The van der Waals surface area contributed by atoms with E-state index < -0.39 is 0 Å². The van der Waals surface area contributed by atoms with Gasteiger partial charge in [-0.25, -0.2) is 9.97 Å². The van der Waals surface area contributed by atoms with E-state index in [9.17, 15) is 4.79 Å². The first-order chi connectivity index (χ1) is 9.22. The molecule has 0 aliphatic rings.